The summed E-state index contributed by atoms with van der Waals surface area (Å²) in [6.07, 6.45) is 19.9. The molecule has 4 aliphatic rings. The number of allylic oxidation sites excluding steroid dienone is 3. The van der Waals surface area contributed by atoms with Crippen LogP contribution in [0.25, 0.3) is 0 Å². The molecule has 0 bridgehead atoms. The molecule has 24 heavy (non-hydrogen) atoms. The predicted molar refractivity (Wildman–Crippen MR) is 99.2 cm³/mol. The van der Waals surface area contributed by atoms with E-state index in [2.05, 4.69) is 25.5 Å². The molecular weight excluding hydrogens is 292 g/mol. The van der Waals surface area contributed by atoms with Gasteiger partial charge in [-0.1, -0.05) is 43.1 Å². The quantitative estimate of drug-likeness (QED) is 0.542. The Morgan fingerprint density at radius 3 is 2.96 bits per heavy atom. The molecule has 0 spiro atoms. The first kappa shape index (κ1) is 16.5. The smallest absolute Gasteiger partial charge is 0.131 e. The van der Waals surface area contributed by atoms with Crippen LogP contribution < -0.4 is 0 Å². The summed E-state index contributed by atoms with van der Waals surface area (Å²) in [7, 11) is 0. The van der Waals surface area contributed by atoms with Crippen molar-refractivity contribution in [3.63, 3.8) is 0 Å². The number of hydrogen-bond donors (Lipinski definition) is 1. The van der Waals surface area contributed by atoms with Crippen molar-refractivity contribution in [3.8, 4) is 12.3 Å². The zero-order chi connectivity index (χ0) is 16.9. The average molecular weight is 325 g/mol. The Kier molecular flexibility index (Phi) is 3.96. The molecule has 0 amide bonds. The van der Waals surface area contributed by atoms with E-state index in [1.54, 1.807) is 5.57 Å². The van der Waals surface area contributed by atoms with Gasteiger partial charge in [0.05, 0.1) is 0 Å². The van der Waals surface area contributed by atoms with Crippen LogP contribution >= 0.6 is 0 Å². The number of rotatable bonds is 2. The van der Waals surface area contributed by atoms with Gasteiger partial charge in [-0.2, -0.15) is 0 Å². The molecule has 4 unspecified atom stereocenters. The molecular formula is C23H32O. The topological polar surface area (TPSA) is 20.2 Å². The normalized spacial score (nSPS) is 47.2. The third-order valence-electron chi connectivity index (χ3n) is 8.08. The standard InChI is InChI=1S/C23H32O/c1-4-13-22-15-16(3)21-18-9-7-6-8-17(18)10-11-19(21)20(22)12-14-23(22,24)5-2/h2,8,18-21,24H,3-4,6-7,9-15H2,1H3/t18?,19?,20?,21?,22-,23-/m0/s1. The highest BCUT2D eigenvalue weighted by Gasteiger charge is 2.64. The van der Waals surface area contributed by atoms with Gasteiger partial charge in [0, 0.05) is 5.41 Å². The number of fused-ring (bicyclic) bond motifs is 5. The second kappa shape index (κ2) is 5.77. The number of aliphatic hydroxyl groups is 1. The lowest BCUT2D eigenvalue weighted by Crippen LogP contribution is -2.54. The summed E-state index contributed by atoms with van der Waals surface area (Å²) in [5, 5.41) is 11.3. The van der Waals surface area contributed by atoms with Gasteiger partial charge < -0.3 is 5.11 Å². The number of hydrogen-bond acceptors (Lipinski definition) is 1. The van der Waals surface area contributed by atoms with Gasteiger partial charge in [0.25, 0.3) is 0 Å². The molecule has 1 heteroatoms. The van der Waals surface area contributed by atoms with Crippen molar-refractivity contribution in [2.24, 2.45) is 29.1 Å². The van der Waals surface area contributed by atoms with Gasteiger partial charge in [0.1, 0.15) is 5.60 Å². The lowest BCUT2D eigenvalue weighted by molar-refractivity contribution is -0.0820. The van der Waals surface area contributed by atoms with Crippen molar-refractivity contribution in [1.82, 2.24) is 0 Å². The minimum Gasteiger partial charge on any atom is -0.377 e. The highest BCUT2D eigenvalue weighted by molar-refractivity contribution is 5.32. The molecule has 0 aliphatic heterocycles. The molecule has 0 radical (unpaired) electrons. The van der Waals surface area contributed by atoms with Gasteiger partial charge in [-0.25, -0.2) is 0 Å². The summed E-state index contributed by atoms with van der Waals surface area (Å²) in [4.78, 5) is 0. The van der Waals surface area contributed by atoms with Crippen LogP contribution in [0.1, 0.15) is 71.1 Å². The number of terminal acetylenes is 1. The monoisotopic (exact) mass is 324 g/mol. The Bertz CT molecular complexity index is 608. The molecule has 3 saturated carbocycles. The first-order valence-corrected chi connectivity index (χ1v) is 10.1. The van der Waals surface area contributed by atoms with Crippen molar-refractivity contribution in [1.29, 1.82) is 0 Å². The van der Waals surface area contributed by atoms with E-state index in [0.717, 1.165) is 38.0 Å². The maximum Gasteiger partial charge on any atom is 0.131 e. The predicted octanol–water partition coefficient (Wildman–Crippen LogP) is 5.26. The van der Waals surface area contributed by atoms with E-state index < -0.39 is 5.60 Å². The minimum absolute atomic E-state index is 0.107. The highest BCUT2D eigenvalue weighted by Crippen LogP contribution is 2.67. The van der Waals surface area contributed by atoms with E-state index in [9.17, 15) is 5.11 Å². The highest BCUT2D eigenvalue weighted by atomic mass is 16.3. The fourth-order valence-electron chi connectivity index (χ4n) is 7.27. The minimum atomic E-state index is -0.912. The summed E-state index contributed by atoms with van der Waals surface area (Å²) < 4.78 is 0. The fraction of sp³-hybridized carbons (Fsp3) is 0.739. The van der Waals surface area contributed by atoms with Crippen molar-refractivity contribution >= 4 is 0 Å². The second-order valence-electron chi connectivity index (χ2n) is 8.94. The van der Waals surface area contributed by atoms with E-state index in [1.165, 1.54) is 37.7 Å². The molecule has 4 aliphatic carbocycles. The van der Waals surface area contributed by atoms with Crippen molar-refractivity contribution < 1.29 is 5.11 Å². The molecule has 0 aromatic rings. The van der Waals surface area contributed by atoms with Crippen molar-refractivity contribution in [2.75, 3.05) is 0 Å². The van der Waals surface area contributed by atoms with E-state index in [-0.39, 0.29) is 5.41 Å². The molecule has 3 fully saturated rings. The maximum absolute atomic E-state index is 11.3. The average Bonchev–Trinajstić information content (AvgIpc) is 2.88. The molecule has 0 heterocycles. The SMILES string of the molecule is C#C[C@]1(O)CCC2C3CCC4=CCCCC4C3C(=C)C[C@@]21CCC. The molecule has 0 aromatic carbocycles. The largest absolute Gasteiger partial charge is 0.377 e. The Morgan fingerprint density at radius 2 is 2.21 bits per heavy atom. The fourth-order valence-corrected chi connectivity index (χ4v) is 7.27. The van der Waals surface area contributed by atoms with Gasteiger partial charge in [-0.05, 0) is 81.5 Å². The molecule has 4 rings (SSSR count). The van der Waals surface area contributed by atoms with Crippen molar-refractivity contribution in [3.05, 3.63) is 23.8 Å². The van der Waals surface area contributed by atoms with Gasteiger partial charge in [0.2, 0.25) is 0 Å². The summed E-state index contributed by atoms with van der Waals surface area (Å²) in [6, 6.07) is 0. The van der Waals surface area contributed by atoms with Crippen LogP contribution in [0, 0.1) is 41.4 Å². The van der Waals surface area contributed by atoms with E-state index in [1.807, 2.05) is 0 Å². The third-order valence-corrected chi connectivity index (χ3v) is 8.08. The van der Waals surface area contributed by atoms with Crippen LogP contribution in [-0.4, -0.2) is 10.7 Å². The lowest BCUT2D eigenvalue weighted by Gasteiger charge is -2.57. The van der Waals surface area contributed by atoms with Gasteiger partial charge >= 0.3 is 0 Å². The molecule has 1 nitrogen and oxygen atoms in total. The van der Waals surface area contributed by atoms with E-state index in [4.69, 9.17) is 6.42 Å². The van der Waals surface area contributed by atoms with Crippen LogP contribution in [0.3, 0.4) is 0 Å². The Morgan fingerprint density at radius 1 is 1.38 bits per heavy atom. The zero-order valence-corrected chi connectivity index (χ0v) is 15.2. The molecule has 6 atom stereocenters. The van der Waals surface area contributed by atoms with Crippen molar-refractivity contribution in [2.45, 2.75) is 76.7 Å². The third kappa shape index (κ3) is 2.05. The van der Waals surface area contributed by atoms with Gasteiger partial charge in [-0.15, -0.1) is 6.42 Å². The second-order valence-corrected chi connectivity index (χ2v) is 8.94. The summed E-state index contributed by atoms with van der Waals surface area (Å²) in [5.41, 5.74) is 2.10. The summed E-state index contributed by atoms with van der Waals surface area (Å²) in [5.74, 6) is 5.52. The summed E-state index contributed by atoms with van der Waals surface area (Å²) in [6.45, 7) is 6.81. The van der Waals surface area contributed by atoms with Crippen LogP contribution in [-0.2, 0) is 0 Å². The van der Waals surface area contributed by atoms with Crippen LogP contribution in [0.15, 0.2) is 23.8 Å². The van der Waals surface area contributed by atoms with E-state index in [0.29, 0.717) is 17.8 Å². The first-order chi connectivity index (χ1) is 11.6. The Hall–Kier alpha value is -1.00. The van der Waals surface area contributed by atoms with Gasteiger partial charge in [0.15, 0.2) is 0 Å². The van der Waals surface area contributed by atoms with Gasteiger partial charge in [-0.3, -0.25) is 0 Å². The molecule has 1 N–H and O–H groups in total. The Balaban J connectivity index is 1.74. The van der Waals surface area contributed by atoms with Crippen LogP contribution in [0.4, 0.5) is 0 Å². The maximum atomic E-state index is 11.3. The molecule has 130 valence electrons. The van der Waals surface area contributed by atoms with E-state index >= 15 is 0 Å². The van der Waals surface area contributed by atoms with Crippen LogP contribution in [0.2, 0.25) is 0 Å². The molecule has 0 saturated heterocycles. The summed E-state index contributed by atoms with van der Waals surface area (Å²) >= 11 is 0. The molecule has 0 aromatic heterocycles. The van der Waals surface area contributed by atoms with Crippen LogP contribution in [0.5, 0.6) is 0 Å². The first-order valence-electron chi connectivity index (χ1n) is 10.1. The zero-order valence-electron chi connectivity index (χ0n) is 15.2. The lowest BCUT2D eigenvalue weighted by atomic mass is 9.48. The Labute approximate surface area is 147 Å².